The predicted molar refractivity (Wildman–Crippen MR) is 70.8 cm³/mol. The highest BCUT2D eigenvalue weighted by Crippen LogP contribution is 2.27. The molecule has 2 aliphatic rings. The number of aliphatic hydroxyl groups excluding tert-OH is 1. The van der Waals surface area contributed by atoms with E-state index < -0.39 is 5.60 Å². The first-order chi connectivity index (χ1) is 9.24. The molecule has 1 saturated carbocycles. The van der Waals surface area contributed by atoms with Crippen molar-refractivity contribution in [2.45, 2.75) is 44.1 Å². The van der Waals surface area contributed by atoms with Crippen molar-refractivity contribution >= 4 is 5.91 Å². The molecule has 19 heavy (non-hydrogen) atoms. The Morgan fingerprint density at radius 2 is 2.21 bits per heavy atom. The molecule has 1 aliphatic carbocycles. The number of carbonyl (C=O) groups excluding carboxylic acids is 1. The monoisotopic (exact) mass is 271 g/mol. The van der Waals surface area contributed by atoms with Gasteiger partial charge in [0.1, 0.15) is 5.60 Å². The van der Waals surface area contributed by atoms with E-state index in [1.807, 2.05) is 0 Å². The predicted octanol–water partition coefficient (Wildman–Crippen LogP) is 0.851. The Bertz CT molecular complexity index is 283. The van der Waals surface area contributed by atoms with Gasteiger partial charge < -0.3 is 19.9 Å². The van der Waals surface area contributed by atoms with Crippen LogP contribution in [-0.2, 0) is 14.3 Å². The van der Waals surface area contributed by atoms with Gasteiger partial charge in [-0.3, -0.25) is 4.79 Å². The van der Waals surface area contributed by atoms with E-state index in [-0.39, 0.29) is 12.5 Å². The molecule has 0 aromatic heterocycles. The van der Waals surface area contributed by atoms with Gasteiger partial charge in [-0.15, -0.1) is 0 Å². The van der Waals surface area contributed by atoms with E-state index >= 15 is 0 Å². The minimum Gasteiger partial charge on any atom is -0.394 e. The maximum atomic E-state index is 11.9. The Kier molecular flexibility index (Phi) is 5.60. The van der Waals surface area contributed by atoms with E-state index in [4.69, 9.17) is 14.6 Å². The van der Waals surface area contributed by atoms with Crippen molar-refractivity contribution in [3.8, 4) is 0 Å². The van der Waals surface area contributed by atoms with Gasteiger partial charge in [-0.05, 0) is 18.8 Å². The highest BCUT2D eigenvalue weighted by molar-refractivity contribution is 5.76. The molecule has 0 radical (unpaired) electrons. The summed E-state index contributed by atoms with van der Waals surface area (Å²) in [5.41, 5.74) is -0.436. The van der Waals surface area contributed by atoms with E-state index in [1.54, 1.807) is 0 Å². The molecule has 0 aromatic rings. The van der Waals surface area contributed by atoms with E-state index in [2.05, 4.69) is 5.32 Å². The second kappa shape index (κ2) is 7.22. The third-order valence-corrected chi connectivity index (χ3v) is 4.12. The molecule has 1 aliphatic heterocycles. The molecular weight excluding hydrogens is 246 g/mol. The molecule has 2 rings (SSSR count). The molecule has 1 heterocycles. The maximum Gasteiger partial charge on any atom is 0.220 e. The van der Waals surface area contributed by atoms with Crippen molar-refractivity contribution in [1.29, 1.82) is 0 Å². The molecule has 1 unspecified atom stereocenters. The summed E-state index contributed by atoms with van der Waals surface area (Å²) in [7, 11) is 0. The van der Waals surface area contributed by atoms with E-state index in [9.17, 15) is 4.79 Å². The smallest absolute Gasteiger partial charge is 0.220 e. The van der Waals surface area contributed by atoms with Crippen LogP contribution in [0.2, 0.25) is 0 Å². The van der Waals surface area contributed by atoms with Crippen LogP contribution in [0, 0.1) is 5.92 Å². The minimum absolute atomic E-state index is 0.00221. The van der Waals surface area contributed by atoms with Gasteiger partial charge in [0, 0.05) is 26.0 Å². The number of hydrogen-bond acceptors (Lipinski definition) is 4. The molecular formula is C14H25NO4. The number of nitrogens with one attached hydrogen (secondary N) is 1. The van der Waals surface area contributed by atoms with Gasteiger partial charge in [-0.1, -0.05) is 12.8 Å². The van der Waals surface area contributed by atoms with E-state index in [1.165, 1.54) is 25.7 Å². The molecule has 110 valence electrons. The summed E-state index contributed by atoms with van der Waals surface area (Å²) >= 11 is 0. The first kappa shape index (κ1) is 14.8. The SMILES string of the molecule is O=C(CC1CCCC1)NCC1(OCCO)CCOC1. The van der Waals surface area contributed by atoms with Gasteiger partial charge in [0.2, 0.25) is 5.91 Å². The molecule has 0 aromatic carbocycles. The van der Waals surface area contributed by atoms with Crippen LogP contribution in [0.25, 0.3) is 0 Å². The van der Waals surface area contributed by atoms with Crippen LogP contribution in [0.4, 0.5) is 0 Å². The van der Waals surface area contributed by atoms with Gasteiger partial charge in [0.25, 0.3) is 0 Å². The summed E-state index contributed by atoms with van der Waals surface area (Å²) in [6, 6.07) is 0. The topological polar surface area (TPSA) is 67.8 Å². The van der Waals surface area contributed by atoms with E-state index in [0.717, 1.165) is 6.42 Å². The summed E-state index contributed by atoms with van der Waals surface area (Å²) in [5, 5.41) is 11.8. The summed E-state index contributed by atoms with van der Waals surface area (Å²) < 4.78 is 11.0. The third-order valence-electron chi connectivity index (χ3n) is 4.12. The highest BCUT2D eigenvalue weighted by Gasteiger charge is 2.36. The summed E-state index contributed by atoms with van der Waals surface area (Å²) in [4.78, 5) is 11.9. The summed E-state index contributed by atoms with van der Waals surface area (Å²) in [6.45, 7) is 1.93. The average Bonchev–Trinajstić information content (AvgIpc) is 3.06. The van der Waals surface area contributed by atoms with Crippen LogP contribution in [0.3, 0.4) is 0 Å². The van der Waals surface area contributed by atoms with Gasteiger partial charge in [0.05, 0.1) is 19.8 Å². The van der Waals surface area contributed by atoms with Crippen molar-refractivity contribution in [2.24, 2.45) is 5.92 Å². The van der Waals surface area contributed by atoms with Crippen molar-refractivity contribution in [2.75, 3.05) is 33.0 Å². The summed E-state index contributed by atoms with van der Waals surface area (Å²) in [5.74, 6) is 0.680. The van der Waals surface area contributed by atoms with Gasteiger partial charge in [-0.2, -0.15) is 0 Å². The first-order valence-corrected chi connectivity index (χ1v) is 7.33. The number of carbonyl (C=O) groups is 1. The highest BCUT2D eigenvalue weighted by atomic mass is 16.6. The Balaban J connectivity index is 1.73. The summed E-state index contributed by atoms with van der Waals surface area (Å²) in [6.07, 6.45) is 6.30. The zero-order valence-electron chi connectivity index (χ0n) is 11.5. The van der Waals surface area contributed by atoms with Crippen molar-refractivity contribution in [3.63, 3.8) is 0 Å². The fourth-order valence-electron chi connectivity index (χ4n) is 2.96. The lowest BCUT2D eigenvalue weighted by molar-refractivity contribution is -0.124. The van der Waals surface area contributed by atoms with Crippen LogP contribution in [0.5, 0.6) is 0 Å². The molecule has 0 spiro atoms. The number of aliphatic hydroxyl groups is 1. The second-order valence-corrected chi connectivity index (χ2v) is 5.69. The van der Waals surface area contributed by atoms with Crippen LogP contribution >= 0.6 is 0 Å². The van der Waals surface area contributed by atoms with Crippen molar-refractivity contribution in [1.82, 2.24) is 5.32 Å². The minimum atomic E-state index is -0.436. The fraction of sp³-hybridized carbons (Fsp3) is 0.929. The lowest BCUT2D eigenvalue weighted by Crippen LogP contribution is -2.46. The first-order valence-electron chi connectivity index (χ1n) is 7.33. The van der Waals surface area contributed by atoms with E-state index in [0.29, 0.717) is 38.7 Å². The molecule has 5 nitrogen and oxygen atoms in total. The largest absolute Gasteiger partial charge is 0.394 e. The molecule has 2 fully saturated rings. The maximum absolute atomic E-state index is 11.9. The number of hydrogen-bond donors (Lipinski definition) is 2. The van der Waals surface area contributed by atoms with Crippen molar-refractivity contribution in [3.05, 3.63) is 0 Å². The fourth-order valence-corrected chi connectivity index (χ4v) is 2.96. The number of rotatable bonds is 7. The molecule has 1 amide bonds. The van der Waals surface area contributed by atoms with Gasteiger partial charge in [-0.25, -0.2) is 0 Å². The van der Waals surface area contributed by atoms with Crippen molar-refractivity contribution < 1.29 is 19.4 Å². The zero-order valence-corrected chi connectivity index (χ0v) is 11.5. The van der Waals surface area contributed by atoms with Crippen LogP contribution < -0.4 is 5.32 Å². The number of ether oxygens (including phenoxy) is 2. The van der Waals surface area contributed by atoms with Gasteiger partial charge >= 0.3 is 0 Å². The molecule has 1 saturated heterocycles. The quantitative estimate of drug-likeness (QED) is 0.720. The Morgan fingerprint density at radius 1 is 1.42 bits per heavy atom. The molecule has 1 atom stereocenters. The molecule has 0 bridgehead atoms. The average molecular weight is 271 g/mol. The molecule has 5 heteroatoms. The van der Waals surface area contributed by atoms with Gasteiger partial charge in [0.15, 0.2) is 0 Å². The molecule has 2 N–H and O–H groups in total. The van der Waals surface area contributed by atoms with Crippen LogP contribution in [-0.4, -0.2) is 49.6 Å². The third kappa shape index (κ3) is 4.44. The Hall–Kier alpha value is -0.650. The number of amides is 1. The Morgan fingerprint density at radius 3 is 2.84 bits per heavy atom. The zero-order chi connectivity index (χ0) is 13.6. The lowest BCUT2D eigenvalue weighted by atomic mass is 10.0. The second-order valence-electron chi connectivity index (χ2n) is 5.69. The normalized spacial score (nSPS) is 27.8. The standard InChI is InChI=1S/C14H25NO4/c16-6-8-19-14(5-7-18-11-14)10-15-13(17)9-12-3-1-2-4-12/h12,16H,1-11H2,(H,15,17). The van der Waals surface area contributed by atoms with Crippen LogP contribution in [0.15, 0.2) is 0 Å². The van der Waals surface area contributed by atoms with Crippen LogP contribution in [0.1, 0.15) is 38.5 Å². The lowest BCUT2D eigenvalue weighted by Gasteiger charge is -2.28. The Labute approximate surface area is 114 Å².